The summed E-state index contributed by atoms with van der Waals surface area (Å²) >= 11 is 0. The van der Waals surface area contributed by atoms with Gasteiger partial charge in [0.15, 0.2) is 5.82 Å². The smallest absolute Gasteiger partial charge is 0.181 e. The van der Waals surface area contributed by atoms with Crippen molar-refractivity contribution in [3.8, 4) is 11.4 Å². The van der Waals surface area contributed by atoms with Gasteiger partial charge in [0.05, 0.1) is 6.10 Å². The van der Waals surface area contributed by atoms with Crippen molar-refractivity contribution in [2.45, 2.75) is 31.8 Å². The van der Waals surface area contributed by atoms with Crippen molar-refractivity contribution >= 4 is 0 Å². The quantitative estimate of drug-likeness (QED) is 0.898. The zero-order chi connectivity index (χ0) is 12.2. The Balaban J connectivity index is 1.63. The number of aromatic nitrogens is 3. The van der Waals surface area contributed by atoms with E-state index in [4.69, 9.17) is 4.74 Å². The fourth-order valence-electron chi connectivity index (χ4n) is 2.29. The van der Waals surface area contributed by atoms with Gasteiger partial charge >= 0.3 is 0 Å². The molecule has 0 bridgehead atoms. The van der Waals surface area contributed by atoms with E-state index in [-0.39, 0.29) is 0 Å². The van der Waals surface area contributed by atoms with Gasteiger partial charge in [-0.2, -0.15) is 5.10 Å². The summed E-state index contributed by atoms with van der Waals surface area (Å²) in [7, 11) is 0. The van der Waals surface area contributed by atoms with E-state index in [1.165, 1.54) is 12.8 Å². The predicted octanol–water partition coefficient (Wildman–Crippen LogP) is 2.58. The standard InChI is InChI=1S/C14H17N3O/c1-2-5-11(6-3-1)14-15-13(16-17-14)9-8-12-7-4-10-18-12/h1-3,5-6,12H,4,7-10H2,(H,15,16,17). The highest BCUT2D eigenvalue weighted by molar-refractivity contribution is 5.53. The highest BCUT2D eigenvalue weighted by atomic mass is 16.5. The van der Waals surface area contributed by atoms with Gasteiger partial charge in [-0.05, 0) is 19.3 Å². The van der Waals surface area contributed by atoms with Crippen molar-refractivity contribution in [1.82, 2.24) is 15.2 Å². The minimum absolute atomic E-state index is 0.412. The third-order valence-corrected chi connectivity index (χ3v) is 3.29. The fraction of sp³-hybridized carbons (Fsp3) is 0.429. The van der Waals surface area contributed by atoms with Gasteiger partial charge in [-0.15, -0.1) is 0 Å². The Labute approximate surface area is 106 Å². The molecular formula is C14H17N3O. The molecule has 1 aromatic carbocycles. The van der Waals surface area contributed by atoms with Crippen LogP contribution in [0.15, 0.2) is 30.3 Å². The van der Waals surface area contributed by atoms with Crippen LogP contribution in [0.2, 0.25) is 0 Å². The molecule has 1 aliphatic rings. The maximum atomic E-state index is 5.60. The molecule has 1 N–H and O–H groups in total. The summed E-state index contributed by atoms with van der Waals surface area (Å²) in [6.07, 6.45) is 4.72. The van der Waals surface area contributed by atoms with Crippen LogP contribution in [0, 0.1) is 0 Å². The summed E-state index contributed by atoms with van der Waals surface area (Å²) in [5, 5.41) is 7.27. The molecule has 0 aliphatic carbocycles. The Hall–Kier alpha value is -1.68. The molecule has 94 valence electrons. The van der Waals surface area contributed by atoms with Crippen LogP contribution >= 0.6 is 0 Å². The van der Waals surface area contributed by atoms with Crippen LogP contribution in [0.1, 0.15) is 25.1 Å². The second kappa shape index (κ2) is 5.31. The minimum Gasteiger partial charge on any atom is -0.378 e. The molecule has 0 amide bonds. The molecular weight excluding hydrogens is 226 g/mol. The molecule has 0 spiro atoms. The van der Waals surface area contributed by atoms with Crippen molar-refractivity contribution in [1.29, 1.82) is 0 Å². The van der Waals surface area contributed by atoms with E-state index in [9.17, 15) is 0 Å². The van der Waals surface area contributed by atoms with Crippen LogP contribution < -0.4 is 0 Å². The van der Waals surface area contributed by atoms with Crippen molar-refractivity contribution in [3.05, 3.63) is 36.2 Å². The fourth-order valence-corrected chi connectivity index (χ4v) is 2.29. The predicted molar refractivity (Wildman–Crippen MR) is 69.1 cm³/mol. The zero-order valence-electron chi connectivity index (χ0n) is 10.3. The first-order valence-electron chi connectivity index (χ1n) is 6.50. The Morgan fingerprint density at radius 1 is 1.28 bits per heavy atom. The molecule has 1 fully saturated rings. The molecule has 2 aromatic rings. The summed E-state index contributed by atoms with van der Waals surface area (Å²) in [4.78, 5) is 4.52. The van der Waals surface area contributed by atoms with Crippen LogP contribution in [0.3, 0.4) is 0 Å². The lowest BCUT2D eigenvalue weighted by Gasteiger charge is -2.06. The first kappa shape index (κ1) is 11.4. The van der Waals surface area contributed by atoms with Crippen LogP contribution in [-0.4, -0.2) is 27.9 Å². The second-order valence-corrected chi connectivity index (χ2v) is 4.65. The Morgan fingerprint density at radius 2 is 2.17 bits per heavy atom. The van der Waals surface area contributed by atoms with Crippen LogP contribution in [0.25, 0.3) is 11.4 Å². The lowest BCUT2D eigenvalue weighted by atomic mass is 10.1. The monoisotopic (exact) mass is 243 g/mol. The number of hydrogen-bond donors (Lipinski definition) is 1. The molecule has 0 saturated carbocycles. The van der Waals surface area contributed by atoms with E-state index in [1.807, 2.05) is 30.3 Å². The number of H-pyrrole nitrogens is 1. The molecule has 3 rings (SSSR count). The van der Waals surface area contributed by atoms with Gasteiger partial charge in [-0.3, -0.25) is 5.10 Å². The van der Waals surface area contributed by atoms with Crippen molar-refractivity contribution < 1.29 is 4.74 Å². The van der Waals surface area contributed by atoms with Crippen LogP contribution in [-0.2, 0) is 11.2 Å². The number of benzene rings is 1. The van der Waals surface area contributed by atoms with E-state index in [1.54, 1.807) is 0 Å². The highest BCUT2D eigenvalue weighted by Crippen LogP contribution is 2.18. The molecule has 1 unspecified atom stereocenters. The van der Waals surface area contributed by atoms with Crippen molar-refractivity contribution in [2.24, 2.45) is 0 Å². The van der Waals surface area contributed by atoms with Crippen LogP contribution in [0.5, 0.6) is 0 Å². The van der Waals surface area contributed by atoms with E-state index in [0.717, 1.165) is 36.7 Å². The molecule has 18 heavy (non-hydrogen) atoms. The second-order valence-electron chi connectivity index (χ2n) is 4.65. The van der Waals surface area contributed by atoms with Gasteiger partial charge in [0.1, 0.15) is 5.82 Å². The number of aromatic amines is 1. The Kier molecular flexibility index (Phi) is 3.37. The summed E-state index contributed by atoms with van der Waals surface area (Å²) in [5.74, 6) is 1.72. The van der Waals surface area contributed by atoms with Gasteiger partial charge in [0, 0.05) is 18.6 Å². The SMILES string of the molecule is c1ccc(-c2n[nH]c(CCC3CCCO3)n2)cc1. The molecule has 1 atom stereocenters. The summed E-state index contributed by atoms with van der Waals surface area (Å²) in [6, 6.07) is 10.0. The third-order valence-electron chi connectivity index (χ3n) is 3.29. The number of hydrogen-bond acceptors (Lipinski definition) is 3. The number of aryl methyl sites for hydroxylation is 1. The average Bonchev–Trinajstić information content (AvgIpc) is 3.09. The highest BCUT2D eigenvalue weighted by Gasteiger charge is 2.16. The molecule has 2 heterocycles. The third kappa shape index (κ3) is 2.59. The topological polar surface area (TPSA) is 50.8 Å². The first-order chi connectivity index (χ1) is 8.92. The lowest BCUT2D eigenvalue weighted by molar-refractivity contribution is 0.104. The first-order valence-corrected chi connectivity index (χ1v) is 6.50. The van der Waals surface area contributed by atoms with Gasteiger partial charge in [-0.25, -0.2) is 4.98 Å². The summed E-state index contributed by atoms with van der Waals surface area (Å²) < 4.78 is 5.60. The number of nitrogens with one attached hydrogen (secondary N) is 1. The van der Waals surface area contributed by atoms with Gasteiger partial charge in [0.2, 0.25) is 0 Å². The Bertz CT molecular complexity index is 489. The van der Waals surface area contributed by atoms with E-state index in [2.05, 4.69) is 15.2 Å². The van der Waals surface area contributed by atoms with Gasteiger partial charge < -0.3 is 4.74 Å². The largest absolute Gasteiger partial charge is 0.378 e. The van der Waals surface area contributed by atoms with Gasteiger partial charge in [-0.1, -0.05) is 30.3 Å². The number of rotatable bonds is 4. The lowest BCUT2D eigenvalue weighted by Crippen LogP contribution is -2.06. The van der Waals surface area contributed by atoms with E-state index < -0.39 is 0 Å². The molecule has 0 radical (unpaired) electrons. The molecule has 4 heteroatoms. The molecule has 1 saturated heterocycles. The maximum Gasteiger partial charge on any atom is 0.181 e. The molecule has 1 aliphatic heterocycles. The number of nitrogens with zero attached hydrogens (tertiary/aromatic N) is 2. The maximum absolute atomic E-state index is 5.60. The van der Waals surface area contributed by atoms with Crippen LogP contribution in [0.4, 0.5) is 0 Å². The minimum atomic E-state index is 0.412. The van der Waals surface area contributed by atoms with Gasteiger partial charge in [0.25, 0.3) is 0 Å². The molecule has 1 aromatic heterocycles. The van der Waals surface area contributed by atoms with E-state index >= 15 is 0 Å². The van der Waals surface area contributed by atoms with Crippen molar-refractivity contribution in [3.63, 3.8) is 0 Å². The van der Waals surface area contributed by atoms with E-state index in [0.29, 0.717) is 6.10 Å². The molecule has 4 nitrogen and oxygen atoms in total. The summed E-state index contributed by atoms with van der Waals surface area (Å²) in [5.41, 5.74) is 1.05. The Morgan fingerprint density at radius 3 is 2.94 bits per heavy atom. The summed E-state index contributed by atoms with van der Waals surface area (Å²) in [6.45, 7) is 0.913. The average molecular weight is 243 g/mol. The normalized spacial score (nSPS) is 19.2. The van der Waals surface area contributed by atoms with Crippen molar-refractivity contribution in [2.75, 3.05) is 6.61 Å². The zero-order valence-corrected chi connectivity index (χ0v) is 10.3. The number of ether oxygens (including phenoxy) is 1.